The Morgan fingerprint density at radius 2 is 0.598 bits per heavy atom. The molecule has 19 aliphatic rings. The number of likely N-dealkylation sites (tertiary alicyclic amines) is 5. The first kappa shape index (κ1) is 83.5. The van der Waals surface area contributed by atoms with Crippen LogP contribution in [0.4, 0.5) is 0 Å². The first-order chi connectivity index (χ1) is 59.0. The monoisotopic (exact) mass is 1650 g/mol. The molecule has 14 aliphatic carbocycles. The quantitative estimate of drug-likeness (QED) is 0.0665. The van der Waals surface area contributed by atoms with Crippen LogP contribution in [0.25, 0.3) is 0 Å². The third kappa shape index (κ3) is 14.8. The summed E-state index contributed by atoms with van der Waals surface area (Å²) >= 11 is 0. The van der Waals surface area contributed by atoms with Crippen LogP contribution in [-0.2, 0) is 59.2 Å². The van der Waals surface area contributed by atoms with Gasteiger partial charge in [0.2, 0.25) is 29.5 Å². The van der Waals surface area contributed by atoms with Crippen molar-refractivity contribution in [2.75, 3.05) is 45.8 Å². The number of carbonyl (C=O) groups excluding carboxylic acids is 5. The van der Waals surface area contributed by atoms with Crippen LogP contribution >= 0.6 is 0 Å². The lowest BCUT2D eigenvalue weighted by Gasteiger charge is -2.60. The van der Waals surface area contributed by atoms with Crippen molar-refractivity contribution in [3.05, 3.63) is 174 Å². The van der Waals surface area contributed by atoms with Gasteiger partial charge in [0.25, 0.3) is 0 Å². The smallest absolute Gasteiger partial charge is 0.248 e. The van der Waals surface area contributed by atoms with E-state index < -0.39 is 0 Å². The zero-order chi connectivity index (χ0) is 84.0. The number of primary amides is 5. The minimum absolute atomic E-state index is 0.170. The van der Waals surface area contributed by atoms with Gasteiger partial charge in [0.15, 0.2) is 0 Å². The van der Waals surface area contributed by atoms with Crippen LogP contribution in [0.15, 0.2) is 91.0 Å². The minimum atomic E-state index is -0.314. The summed E-state index contributed by atoms with van der Waals surface area (Å²) in [7, 11) is 0. The highest BCUT2D eigenvalue weighted by Crippen LogP contribution is 2.63. The third-order valence-electron chi connectivity index (χ3n) is 38.5. The number of benzene rings is 5. The second-order valence-electron chi connectivity index (χ2n) is 44.2. The van der Waals surface area contributed by atoms with Crippen molar-refractivity contribution in [1.82, 2.24) is 24.5 Å². The molecule has 5 aliphatic heterocycles. The summed E-state index contributed by atoms with van der Waals surface area (Å²) in [5.74, 6) is 7.01. The summed E-state index contributed by atoms with van der Waals surface area (Å²) in [4.78, 5) is 72.8. The average Bonchev–Trinajstić information content (AvgIpc) is 0.863. The van der Waals surface area contributed by atoms with Crippen molar-refractivity contribution in [2.45, 2.75) is 348 Å². The Kier molecular flexibility index (Phi) is 22.5. The molecule has 15 heteroatoms. The molecule has 0 spiro atoms. The number of rotatable bonds is 15. The van der Waals surface area contributed by atoms with Gasteiger partial charge in [0.1, 0.15) is 0 Å². The van der Waals surface area contributed by atoms with E-state index in [0.29, 0.717) is 73.5 Å². The van der Waals surface area contributed by atoms with Gasteiger partial charge in [0, 0.05) is 111 Å². The highest BCUT2D eigenvalue weighted by Gasteiger charge is 2.61. The lowest BCUT2D eigenvalue weighted by atomic mass is 9.52. The average molecular weight is 1650 g/mol. The first-order valence-corrected chi connectivity index (χ1v) is 49.9. The lowest BCUT2D eigenvalue weighted by Crippen LogP contribution is -2.63. The molecule has 5 aromatic carbocycles. The van der Waals surface area contributed by atoms with Crippen LogP contribution in [0.3, 0.4) is 0 Å². The Morgan fingerprint density at radius 1 is 0.320 bits per heavy atom. The Bertz CT molecular complexity index is 4700. The van der Waals surface area contributed by atoms with Gasteiger partial charge in [-0.1, -0.05) is 102 Å². The second kappa shape index (κ2) is 32.8. The number of hydrogen-bond acceptors (Lipinski definition) is 10. The first-order valence-electron chi connectivity index (χ1n) is 49.9. The van der Waals surface area contributed by atoms with Gasteiger partial charge in [0.05, 0.1) is 0 Å². The molecule has 10 N–H and O–H groups in total. The molecule has 5 aromatic rings. The van der Waals surface area contributed by atoms with E-state index in [0.717, 1.165) is 103 Å². The highest BCUT2D eigenvalue weighted by molar-refractivity contribution is 5.95. The summed E-state index contributed by atoms with van der Waals surface area (Å²) < 4.78 is 0. The van der Waals surface area contributed by atoms with Crippen LogP contribution in [0, 0.1) is 59.2 Å². The molecule has 15 nitrogen and oxygen atoms in total. The summed E-state index contributed by atoms with van der Waals surface area (Å²) in [6.45, 7) is 21.0. The predicted molar refractivity (Wildman–Crippen MR) is 486 cm³/mol. The summed E-state index contributed by atoms with van der Waals surface area (Å²) in [5, 5.41) is 0. The van der Waals surface area contributed by atoms with Crippen molar-refractivity contribution in [2.24, 2.45) is 87.8 Å². The zero-order valence-corrected chi connectivity index (χ0v) is 74.8. The van der Waals surface area contributed by atoms with E-state index in [2.05, 4.69) is 120 Å². The molecular weight excluding hydrogens is 1510 g/mol. The summed E-state index contributed by atoms with van der Waals surface area (Å²) in [6, 6.07) is 37.1. The molecule has 122 heavy (non-hydrogen) atoms. The Hall–Kier alpha value is -6.75. The van der Waals surface area contributed by atoms with Gasteiger partial charge in [-0.05, 0) is 414 Å². The molecule has 5 heterocycles. The molecule has 18 atom stereocenters. The molecule has 0 aromatic heterocycles. The number of hydrogen-bond donors (Lipinski definition) is 5. The highest BCUT2D eigenvalue weighted by atomic mass is 16.2. The van der Waals surface area contributed by atoms with E-state index in [1.165, 1.54) is 320 Å². The molecular formula is C107H146N10O5. The summed E-state index contributed by atoms with van der Waals surface area (Å²) in [6.07, 6.45) is 49.3. The Balaban J connectivity index is 0.0000000970. The number of fused-ring (bicyclic) bond motifs is 8. The fourth-order valence-electron chi connectivity index (χ4n) is 30.8. The van der Waals surface area contributed by atoms with Gasteiger partial charge in [-0.3, -0.25) is 48.5 Å². The number of nitrogens with zero attached hydrogens (tertiary/aromatic N) is 5. The Labute approximate surface area is 729 Å². The fourth-order valence-corrected chi connectivity index (χ4v) is 30.8. The van der Waals surface area contributed by atoms with Crippen molar-refractivity contribution < 1.29 is 24.0 Å². The molecule has 9 unspecified atom stereocenters. The van der Waals surface area contributed by atoms with Gasteiger partial charge in [-0.25, -0.2) is 0 Å². The minimum Gasteiger partial charge on any atom is -0.366 e. The van der Waals surface area contributed by atoms with Crippen LogP contribution in [0.5, 0.6) is 0 Å². The van der Waals surface area contributed by atoms with E-state index in [-0.39, 0.29) is 35.0 Å². The lowest BCUT2D eigenvalue weighted by molar-refractivity contribution is -0.0343. The van der Waals surface area contributed by atoms with Crippen molar-refractivity contribution in [1.29, 1.82) is 0 Å². The number of nitrogens with two attached hydrogens (primary N) is 5. The molecule has 5 saturated heterocycles. The van der Waals surface area contributed by atoms with E-state index in [1.807, 2.05) is 30.3 Å². The standard InChI is InChI=1S/3C22H30N2O.C21H28N2O.C20H28N2O/c2*1-14(15-5-6-15)24-11-10-22-9-3-2-4-18(22)20(24)13-16-7-8-17(21(23)25)12-19(16)22;23-21(25)17-8-7-16-13-20-18-6-1-2-9-22(18,19(16)12-17)10-11-24(20)14-15-4-3-5-15;22-20(24)16-7-6-15-12-19-17-3-1-2-8-21(17,18(15)11-16)9-10-23(19)13-14-4-5-14;1-12-18-11-15-6-7-16(19(21)23)10-17(15)20(12,3)8-9-22(18)13(2)14-4-5-14/h2*7-8,12,14-15,18,20H,2-6,9-11,13H2,1H3,(H2,23,25);7-8,12,15,18,20H,1-6,9-11,13-14H2,(H2,23,25);6-7,11,14,17,19H,1-5,8-10,12-13H2,(H2,22,24);6-7,10,12-14,18H,4-5,8-9,11H2,1-3H3,(H2,21,23)/t14-,18?,20?,22+;14-,18?,20?,22-;18?,20?,22-;17?,19?,21-;12-,13-,18?,20+/m01110/s1. The van der Waals surface area contributed by atoms with Crippen LogP contribution < -0.4 is 28.7 Å². The molecule has 14 fully saturated rings. The number of carbonyl (C=O) groups is 5. The fraction of sp³-hybridized carbons (Fsp3) is 0.673. The van der Waals surface area contributed by atoms with E-state index in [1.54, 1.807) is 0 Å². The normalized spacial score (nSPS) is 35.2. The van der Waals surface area contributed by atoms with Crippen molar-refractivity contribution in [3.63, 3.8) is 0 Å². The number of amides is 5. The Morgan fingerprint density at radius 3 is 0.910 bits per heavy atom. The maximum Gasteiger partial charge on any atom is 0.248 e. The maximum atomic E-state index is 11.8. The second-order valence-corrected chi connectivity index (χ2v) is 44.2. The van der Waals surface area contributed by atoms with Crippen LogP contribution in [-0.4, -0.2) is 148 Å². The third-order valence-corrected chi connectivity index (χ3v) is 38.5. The topological polar surface area (TPSA) is 232 Å². The van der Waals surface area contributed by atoms with Crippen molar-refractivity contribution >= 4 is 29.5 Å². The maximum absolute atomic E-state index is 11.8. The largest absolute Gasteiger partial charge is 0.366 e. The molecule has 24 rings (SSSR count). The van der Waals surface area contributed by atoms with E-state index in [4.69, 9.17) is 28.7 Å². The number of piperidine rings is 5. The van der Waals surface area contributed by atoms with Gasteiger partial charge < -0.3 is 28.7 Å². The molecule has 9 saturated carbocycles. The van der Waals surface area contributed by atoms with Gasteiger partial charge in [-0.15, -0.1) is 0 Å². The predicted octanol–water partition coefficient (Wildman–Crippen LogP) is 17.3. The SMILES string of the molecule is C[C@@H](C1CC1)N1CC[C@@]2(C)c3cc(C(N)=O)ccc3CC1[C@@H]2C.C[C@@H](C1CC1)N1CC[C@]23CCCCC2C1Cc1ccc(C(N)=O)cc13.C[C@H](C1CC1)N1CC[C@]23CCCCC2C1Cc1ccc(C(N)=O)cc13.NC(=O)c1ccc2c(c1)[C@@]13CCCCC1C(C2)N(CC1CC1)CC3.NC(=O)c1ccc2c(c1)[C@@]13CCCCC1C(C2)N(CC1CCC1)CC3. The summed E-state index contributed by atoms with van der Waals surface area (Å²) in [5.41, 5.74) is 47.4. The molecule has 5 amide bonds. The molecule has 10 bridgehead atoms. The van der Waals surface area contributed by atoms with Crippen LogP contribution in [0.1, 0.15) is 348 Å². The molecule has 654 valence electrons. The van der Waals surface area contributed by atoms with E-state index in [9.17, 15) is 24.0 Å². The van der Waals surface area contributed by atoms with Gasteiger partial charge >= 0.3 is 0 Å². The van der Waals surface area contributed by atoms with E-state index >= 15 is 0 Å². The van der Waals surface area contributed by atoms with Crippen LogP contribution in [0.2, 0.25) is 0 Å². The van der Waals surface area contributed by atoms with Gasteiger partial charge in [-0.2, -0.15) is 0 Å². The van der Waals surface area contributed by atoms with Crippen molar-refractivity contribution in [3.8, 4) is 0 Å². The zero-order valence-electron chi connectivity index (χ0n) is 74.8. The molecule has 0 radical (unpaired) electrons.